The Labute approximate surface area is 118 Å². The van der Waals surface area contributed by atoms with Crippen LogP contribution in [-0.2, 0) is 4.79 Å². The summed E-state index contributed by atoms with van der Waals surface area (Å²) in [4.78, 5) is 11.3. The maximum Gasteiger partial charge on any atom is 0.313 e. The molecule has 0 saturated heterocycles. The summed E-state index contributed by atoms with van der Waals surface area (Å²) in [5, 5.41) is 19.3. The minimum atomic E-state index is -1.31. The molecule has 0 saturated carbocycles. The highest BCUT2D eigenvalue weighted by Gasteiger charge is 2.34. The second-order valence-corrected chi connectivity index (χ2v) is 5.41. The summed E-state index contributed by atoms with van der Waals surface area (Å²) in [5.41, 5.74) is 1.40. The molecule has 2 aromatic carbocycles. The fourth-order valence-electron chi connectivity index (χ4n) is 2.35. The summed E-state index contributed by atoms with van der Waals surface area (Å²) in [6, 6.07) is 17.2. The molecule has 0 aromatic heterocycles. The van der Waals surface area contributed by atoms with Crippen LogP contribution in [0.5, 0.6) is 0 Å². The van der Waals surface area contributed by atoms with Gasteiger partial charge in [-0.15, -0.1) is 0 Å². The van der Waals surface area contributed by atoms with Crippen LogP contribution < -0.4 is 0 Å². The van der Waals surface area contributed by atoms with E-state index in [0.717, 1.165) is 11.1 Å². The molecule has 2 rings (SSSR count). The smallest absolute Gasteiger partial charge is 0.313 e. The van der Waals surface area contributed by atoms with Crippen molar-refractivity contribution in [1.82, 2.24) is 0 Å². The van der Waals surface area contributed by atoms with Crippen LogP contribution in [0.15, 0.2) is 54.6 Å². The van der Waals surface area contributed by atoms with Gasteiger partial charge in [0.15, 0.2) is 0 Å². The van der Waals surface area contributed by atoms with Gasteiger partial charge in [0.2, 0.25) is 0 Å². The fraction of sp³-hybridized carbons (Fsp3) is 0.235. The van der Waals surface area contributed by atoms with Gasteiger partial charge in [0.25, 0.3) is 0 Å². The highest BCUT2D eigenvalue weighted by atomic mass is 16.4. The lowest BCUT2D eigenvalue weighted by Gasteiger charge is -2.26. The lowest BCUT2D eigenvalue weighted by Crippen LogP contribution is -2.34. The molecular formula is C17H18O3. The number of aliphatic carboxylic acids is 1. The summed E-state index contributed by atoms with van der Waals surface area (Å²) in [6.07, 6.45) is 0. The topological polar surface area (TPSA) is 57.5 Å². The number of carboxylic acid groups (broad SMARTS) is 1. The molecule has 0 aliphatic rings. The summed E-state index contributed by atoms with van der Waals surface area (Å²) in [6.45, 7) is 3.02. The average molecular weight is 270 g/mol. The monoisotopic (exact) mass is 270 g/mol. The number of hydrogen-bond acceptors (Lipinski definition) is 2. The van der Waals surface area contributed by atoms with E-state index in [4.69, 9.17) is 0 Å². The predicted octanol–water partition coefficient (Wildman–Crippen LogP) is 3.29. The third kappa shape index (κ3) is 3.06. The average Bonchev–Trinajstić information content (AvgIpc) is 2.38. The van der Waals surface area contributed by atoms with Crippen molar-refractivity contribution in [3.8, 4) is 11.1 Å². The summed E-state index contributed by atoms with van der Waals surface area (Å²) >= 11 is 0. The van der Waals surface area contributed by atoms with Gasteiger partial charge in [-0.25, -0.2) is 0 Å². The minimum Gasteiger partial charge on any atom is -0.481 e. The third-order valence-corrected chi connectivity index (χ3v) is 3.30. The van der Waals surface area contributed by atoms with E-state index in [9.17, 15) is 15.0 Å². The van der Waals surface area contributed by atoms with E-state index in [-0.39, 0.29) is 0 Å². The first kappa shape index (κ1) is 14.3. The Kier molecular flexibility index (Phi) is 3.91. The Morgan fingerprint density at radius 1 is 0.950 bits per heavy atom. The van der Waals surface area contributed by atoms with Gasteiger partial charge in [0, 0.05) is 0 Å². The van der Waals surface area contributed by atoms with Crippen molar-refractivity contribution in [3.05, 3.63) is 60.2 Å². The van der Waals surface area contributed by atoms with Gasteiger partial charge < -0.3 is 10.2 Å². The Balaban J connectivity index is 2.35. The highest BCUT2D eigenvalue weighted by molar-refractivity contribution is 5.78. The van der Waals surface area contributed by atoms with Gasteiger partial charge in [-0.2, -0.15) is 0 Å². The maximum absolute atomic E-state index is 11.3. The van der Waals surface area contributed by atoms with Gasteiger partial charge >= 0.3 is 5.97 Å². The van der Waals surface area contributed by atoms with Crippen molar-refractivity contribution in [2.45, 2.75) is 25.4 Å². The molecule has 2 N–H and O–H groups in total. The van der Waals surface area contributed by atoms with Gasteiger partial charge in [-0.3, -0.25) is 4.79 Å². The largest absolute Gasteiger partial charge is 0.481 e. The molecule has 1 atom stereocenters. The lowest BCUT2D eigenvalue weighted by molar-refractivity contribution is -0.144. The van der Waals surface area contributed by atoms with E-state index in [0.29, 0.717) is 5.56 Å². The number of rotatable bonds is 4. The molecule has 1 unspecified atom stereocenters. The Morgan fingerprint density at radius 2 is 1.45 bits per heavy atom. The summed E-state index contributed by atoms with van der Waals surface area (Å²) in [5.74, 6) is -1.96. The maximum atomic E-state index is 11.3. The molecule has 3 nitrogen and oxygen atoms in total. The normalized spacial score (nSPS) is 12.9. The van der Waals surface area contributed by atoms with E-state index in [1.54, 1.807) is 12.1 Å². The number of hydrogen-bond donors (Lipinski definition) is 2. The van der Waals surface area contributed by atoms with Gasteiger partial charge in [0.05, 0.1) is 5.60 Å². The predicted molar refractivity (Wildman–Crippen MR) is 78.6 cm³/mol. The van der Waals surface area contributed by atoms with Crippen LogP contribution >= 0.6 is 0 Å². The Bertz CT molecular complexity index is 580. The van der Waals surface area contributed by atoms with Crippen molar-refractivity contribution in [1.29, 1.82) is 0 Å². The van der Waals surface area contributed by atoms with Crippen molar-refractivity contribution >= 4 is 5.97 Å². The molecule has 0 fully saturated rings. The SMILES string of the molecule is CC(C)(O)C(C(=O)O)c1ccc(-c2ccccc2)cc1. The van der Waals surface area contributed by atoms with Gasteiger partial charge in [0.1, 0.15) is 5.92 Å². The van der Waals surface area contributed by atoms with E-state index >= 15 is 0 Å². The molecule has 0 aliphatic heterocycles. The quantitative estimate of drug-likeness (QED) is 0.896. The number of benzene rings is 2. The molecule has 3 heteroatoms. The van der Waals surface area contributed by atoms with Crippen molar-refractivity contribution in [2.24, 2.45) is 0 Å². The molecule has 104 valence electrons. The summed E-state index contributed by atoms with van der Waals surface area (Å²) < 4.78 is 0. The Morgan fingerprint density at radius 3 is 1.90 bits per heavy atom. The fourth-order valence-corrected chi connectivity index (χ4v) is 2.35. The zero-order valence-electron chi connectivity index (χ0n) is 11.6. The van der Waals surface area contributed by atoms with Gasteiger partial charge in [-0.05, 0) is 30.5 Å². The van der Waals surface area contributed by atoms with Crippen LogP contribution in [-0.4, -0.2) is 21.8 Å². The standard InChI is InChI=1S/C17H18O3/c1-17(2,20)15(16(18)19)14-10-8-13(9-11-14)12-6-4-3-5-7-12/h3-11,15,20H,1-2H3,(H,18,19). The third-order valence-electron chi connectivity index (χ3n) is 3.30. The van der Waals surface area contributed by atoms with E-state index in [1.807, 2.05) is 42.5 Å². The number of aliphatic hydroxyl groups is 1. The number of carboxylic acids is 1. The minimum absolute atomic E-state index is 0.602. The molecule has 0 spiro atoms. The first-order valence-corrected chi connectivity index (χ1v) is 6.50. The zero-order chi connectivity index (χ0) is 14.8. The zero-order valence-corrected chi connectivity index (χ0v) is 11.6. The van der Waals surface area contributed by atoms with Crippen LogP contribution in [0, 0.1) is 0 Å². The van der Waals surface area contributed by atoms with Crippen molar-refractivity contribution < 1.29 is 15.0 Å². The first-order chi connectivity index (χ1) is 9.39. The molecule has 20 heavy (non-hydrogen) atoms. The molecule has 0 radical (unpaired) electrons. The molecule has 0 bridgehead atoms. The number of carbonyl (C=O) groups is 1. The van der Waals surface area contributed by atoms with Crippen LogP contribution in [0.25, 0.3) is 11.1 Å². The van der Waals surface area contributed by atoms with Crippen LogP contribution in [0.1, 0.15) is 25.3 Å². The lowest BCUT2D eigenvalue weighted by atomic mass is 9.84. The molecule has 0 amide bonds. The summed E-state index contributed by atoms with van der Waals surface area (Å²) in [7, 11) is 0. The highest BCUT2D eigenvalue weighted by Crippen LogP contribution is 2.30. The van der Waals surface area contributed by atoms with Crippen molar-refractivity contribution in [2.75, 3.05) is 0 Å². The molecular weight excluding hydrogens is 252 g/mol. The first-order valence-electron chi connectivity index (χ1n) is 6.50. The van der Waals surface area contributed by atoms with Crippen LogP contribution in [0.4, 0.5) is 0 Å². The van der Waals surface area contributed by atoms with Crippen molar-refractivity contribution in [3.63, 3.8) is 0 Å². The molecule has 2 aromatic rings. The van der Waals surface area contributed by atoms with E-state index < -0.39 is 17.5 Å². The van der Waals surface area contributed by atoms with E-state index in [2.05, 4.69) is 0 Å². The Hall–Kier alpha value is -2.13. The van der Waals surface area contributed by atoms with Gasteiger partial charge in [-0.1, -0.05) is 54.6 Å². The van der Waals surface area contributed by atoms with Crippen LogP contribution in [0.2, 0.25) is 0 Å². The molecule has 0 heterocycles. The molecule has 0 aliphatic carbocycles. The van der Waals surface area contributed by atoms with E-state index in [1.165, 1.54) is 13.8 Å². The van der Waals surface area contributed by atoms with Crippen LogP contribution in [0.3, 0.4) is 0 Å². The second kappa shape index (κ2) is 5.47. The second-order valence-electron chi connectivity index (χ2n) is 5.41.